The molecule has 0 saturated heterocycles. The molecule has 0 fully saturated rings. The van der Waals surface area contributed by atoms with Gasteiger partial charge in [-0.2, -0.15) is 0 Å². The molecule has 1 aromatic carbocycles. The Morgan fingerprint density at radius 1 is 1.23 bits per heavy atom. The third-order valence-corrected chi connectivity index (χ3v) is 3.32. The Balaban J connectivity index is 2.25. The van der Waals surface area contributed by atoms with Crippen molar-refractivity contribution in [3.63, 3.8) is 0 Å². The van der Waals surface area contributed by atoms with Gasteiger partial charge in [0.1, 0.15) is 0 Å². The van der Waals surface area contributed by atoms with E-state index in [0.717, 1.165) is 13.1 Å². The molecule has 0 amide bonds. The minimum Gasteiger partial charge on any atom is -0.292 e. The van der Waals surface area contributed by atoms with E-state index < -0.39 is 0 Å². The standard InChI is InChI=1S/C11H14IN/c1-8(2)13-6-9-3-4-11(12)5-10(9)7-13/h3-5,8H,6-7H2,1-2H3. The zero-order chi connectivity index (χ0) is 9.42. The normalized spacial score (nSPS) is 16.6. The van der Waals surface area contributed by atoms with Gasteiger partial charge in [-0.15, -0.1) is 0 Å². The summed E-state index contributed by atoms with van der Waals surface area (Å²) in [6, 6.07) is 7.42. The zero-order valence-electron chi connectivity index (χ0n) is 8.05. The van der Waals surface area contributed by atoms with Crippen LogP contribution in [0.25, 0.3) is 0 Å². The Morgan fingerprint density at radius 3 is 2.62 bits per heavy atom. The molecule has 0 radical (unpaired) electrons. The second-order valence-corrected chi connectivity index (χ2v) is 5.16. The van der Waals surface area contributed by atoms with Crippen molar-refractivity contribution in [2.75, 3.05) is 0 Å². The van der Waals surface area contributed by atoms with Gasteiger partial charge in [0.25, 0.3) is 0 Å². The number of hydrogen-bond donors (Lipinski definition) is 0. The smallest absolute Gasteiger partial charge is 0.0243 e. The van der Waals surface area contributed by atoms with Crippen molar-refractivity contribution < 1.29 is 0 Å². The second-order valence-electron chi connectivity index (χ2n) is 3.91. The maximum absolute atomic E-state index is 2.50. The van der Waals surface area contributed by atoms with Gasteiger partial charge in [-0.25, -0.2) is 0 Å². The van der Waals surface area contributed by atoms with Crippen LogP contribution in [0.1, 0.15) is 25.0 Å². The van der Waals surface area contributed by atoms with E-state index in [1.165, 1.54) is 14.7 Å². The average molecular weight is 287 g/mol. The summed E-state index contributed by atoms with van der Waals surface area (Å²) in [4.78, 5) is 2.50. The van der Waals surface area contributed by atoms with Crippen LogP contribution in [0.15, 0.2) is 18.2 Å². The number of benzene rings is 1. The maximum atomic E-state index is 2.50. The lowest BCUT2D eigenvalue weighted by Gasteiger charge is -2.18. The fourth-order valence-corrected chi connectivity index (χ4v) is 2.31. The molecule has 0 aromatic heterocycles. The first-order valence-electron chi connectivity index (χ1n) is 4.68. The van der Waals surface area contributed by atoms with E-state index in [0.29, 0.717) is 6.04 Å². The van der Waals surface area contributed by atoms with Crippen LogP contribution >= 0.6 is 22.6 Å². The highest BCUT2D eigenvalue weighted by Gasteiger charge is 2.20. The number of hydrogen-bond acceptors (Lipinski definition) is 1. The molecule has 70 valence electrons. The van der Waals surface area contributed by atoms with Crippen LogP contribution in [0.5, 0.6) is 0 Å². The molecule has 0 atom stereocenters. The molecule has 0 aliphatic carbocycles. The number of fused-ring (bicyclic) bond motifs is 1. The molecule has 1 heterocycles. The molecule has 1 nitrogen and oxygen atoms in total. The lowest BCUT2D eigenvalue weighted by atomic mass is 10.1. The largest absolute Gasteiger partial charge is 0.292 e. The average Bonchev–Trinajstić information content (AvgIpc) is 2.46. The third-order valence-electron chi connectivity index (χ3n) is 2.65. The summed E-state index contributed by atoms with van der Waals surface area (Å²) in [7, 11) is 0. The Labute approximate surface area is 93.3 Å². The summed E-state index contributed by atoms with van der Waals surface area (Å²) in [5.74, 6) is 0. The van der Waals surface area contributed by atoms with E-state index in [-0.39, 0.29) is 0 Å². The predicted octanol–water partition coefficient (Wildman–Crippen LogP) is 3.02. The summed E-state index contributed by atoms with van der Waals surface area (Å²) in [5.41, 5.74) is 3.02. The molecule has 0 bridgehead atoms. The molecular formula is C11H14IN. The minimum absolute atomic E-state index is 0.657. The lowest BCUT2D eigenvalue weighted by molar-refractivity contribution is 0.227. The van der Waals surface area contributed by atoms with Gasteiger partial charge in [-0.05, 0) is 59.7 Å². The Hall–Kier alpha value is -0.0900. The van der Waals surface area contributed by atoms with Crippen LogP contribution in [-0.2, 0) is 13.1 Å². The van der Waals surface area contributed by atoms with Crippen LogP contribution in [0, 0.1) is 3.57 Å². The fraction of sp³-hybridized carbons (Fsp3) is 0.455. The van der Waals surface area contributed by atoms with Crippen LogP contribution in [-0.4, -0.2) is 10.9 Å². The van der Waals surface area contributed by atoms with E-state index in [9.17, 15) is 0 Å². The van der Waals surface area contributed by atoms with Crippen LogP contribution in [0.3, 0.4) is 0 Å². The van der Waals surface area contributed by atoms with Crippen molar-refractivity contribution >= 4 is 22.6 Å². The summed E-state index contributed by atoms with van der Waals surface area (Å²) in [6.45, 7) is 6.78. The molecule has 1 aliphatic heterocycles. The van der Waals surface area contributed by atoms with Crippen molar-refractivity contribution in [1.29, 1.82) is 0 Å². The van der Waals surface area contributed by atoms with Gasteiger partial charge < -0.3 is 0 Å². The Morgan fingerprint density at radius 2 is 1.92 bits per heavy atom. The van der Waals surface area contributed by atoms with E-state index in [2.05, 4.69) is 59.5 Å². The van der Waals surface area contributed by atoms with Gasteiger partial charge in [0.15, 0.2) is 0 Å². The van der Waals surface area contributed by atoms with Gasteiger partial charge in [0.05, 0.1) is 0 Å². The Bertz CT molecular complexity index is 320. The first-order chi connectivity index (χ1) is 6.16. The first kappa shape index (κ1) is 9.46. The van der Waals surface area contributed by atoms with Gasteiger partial charge in [0.2, 0.25) is 0 Å². The SMILES string of the molecule is CC(C)N1Cc2ccc(I)cc2C1. The molecule has 0 saturated carbocycles. The summed E-state index contributed by atoms with van der Waals surface area (Å²) < 4.78 is 1.35. The van der Waals surface area contributed by atoms with Crippen molar-refractivity contribution in [2.45, 2.75) is 33.0 Å². The molecule has 2 rings (SSSR count). The summed E-state index contributed by atoms with van der Waals surface area (Å²) in [6.07, 6.45) is 0. The molecular weight excluding hydrogens is 273 g/mol. The number of halogens is 1. The second kappa shape index (κ2) is 3.58. The van der Waals surface area contributed by atoms with E-state index in [4.69, 9.17) is 0 Å². The maximum Gasteiger partial charge on any atom is 0.0243 e. The predicted molar refractivity (Wildman–Crippen MR) is 63.5 cm³/mol. The summed E-state index contributed by atoms with van der Waals surface area (Å²) >= 11 is 2.38. The number of rotatable bonds is 1. The molecule has 0 unspecified atom stereocenters. The fourth-order valence-electron chi connectivity index (χ4n) is 1.75. The monoisotopic (exact) mass is 287 g/mol. The molecule has 13 heavy (non-hydrogen) atoms. The minimum atomic E-state index is 0.657. The summed E-state index contributed by atoms with van der Waals surface area (Å²) in [5, 5.41) is 0. The van der Waals surface area contributed by atoms with Crippen LogP contribution < -0.4 is 0 Å². The highest BCUT2D eigenvalue weighted by atomic mass is 127. The van der Waals surface area contributed by atoms with Gasteiger partial charge in [-0.1, -0.05) is 6.07 Å². The van der Waals surface area contributed by atoms with Crippen molar-refractivity contribution in [2.24, 2.45) is 0 Å². The molecule has 1 aromatic rings. The molecule has 0 spiro atoms. The van der Waals surface area contributed by atoms with E-state index in [1.54, 1.807) is 0 Å². The molecule has 2 heteroatoms. The zero-order valence-corrected chi connectivity index (χ0v) is 10.2. The van der Waals surface area contributed by atoms with Crippen LogP contribution in [0.2, 0.25) is 0 Å². The van der Waals surface area contributed by atoms with E-state index in [1.807, 2.05) is 0 Å². The first-order valence-corrected chi connectivity index (χ1v) is 5.76. The highest BCUT2D eigenvalue weighted by Crippen LogP contribution is 2.25. The molecule has 0 N–H and O–H groups in total. The van der Waals surface area contributed by atoms with Crippen LogP contribution in [0.4, 0.5) is 0 Å². The molecule has 1 aliphatic rings. The van der Waals surface area contributed by atoms with Crippen molar-refractivity contribution in [3.8, 4) is 0 Å². The number of nitrogens with zero attached hydrogens (tertiary/aromatic N) is 1. The van der Waals surface area contributed by atoms with Gasteiger partial charge >= 0.3 is 0 Å². The van der Waals surface area contributed by atoms with E-state index >= 15 is 0 Å². The quantitative estimate of drug-likeness (QED) is 0.718. The Kier molecular flexibility index (Phi) is 2.60. The van der Waals surface area contributed by atoms with Gasteiger partial charge in [-0.3, -0.25) is 4.90 Å². The van der Waals surface area contributed by atoms with Crippen molar-refractivity contribution in [1.82, 2.24) is 4.90 Å². The highest BCUT2D eigenvalue weighted by molar-refractivity contribution is 14.1. The van der Waals surface area contributed by atoms with Gasteiger partial charge in [0, 0.05) is 22.7 Å². The third kappa shape index (κ3) is 1.89. The lowest BCUT2D eigenvalue weighted by Crippen LogP contribution is -2.24. The topological polar surface area (TPSA) is 3.24 Å². The van der Waals surface area contributed by atoms with Crippen molar-refractivity contribution in [3.05, 3.63) is 32.9 Å².